The van der Waals surface area contributed by atoms with Crippen LogP contribution in [0.25, 0.3) is 0 Å². The second kappa shape index (κ2) is 6.44. The molecule has 0 spiro atoms. The molecule has 0 saturated heterocycles. The third kappa shape index (κ3) is 3.74. The highest BCUT2D eigenvalue weighted by atomic mass is 16.6. The lowest BCUT2D eigenvalue weighted by Gasteiger charge is -2.03. The van der Waals surface area contributed by atoms with Gasteiger partial charge >= 0.3 is 0 Å². The fourth-order valence-electron chi connectivity index (χ4n) is 1.57. The van der Waals surface area contributed by atoms with Crippen LogP contribution in [0.2, 0.25) is 0 Å². The number of phenolic OH excluding ortho intramolecular Hbond substituents is 1. The molecule has 0 saturated carbocycles. The van der Waals surface area contributed by atoms with Crippen LogP contribution in [-0.2, 0) is 11.4 Å². The molecule has 2 aromatic rings. The molecular weight excluding hydrogens is 242 g/mol. The molecule has 0 aliphatic carbocycles. The molecule has 0 aliphatic rings. The van der Waals surface area contributed by atoms with E-state index < -0.39 is 0 Å². The fraction of sp³-hybridized carbons (Fsp3) is 0.133. The quantitative estimate of drug-likeness (QED) is 0.661. The van der Waals surface area contributed by atoms with Gasteiger partial charge in [0.2, 0.25) is 0 Å². The van der Waals surface area contributed by atoms with E-state index in [9.17, 15) is 5.11 Å². The Kier molecular flexibility index (Phi) is 4.39. The van der Waals surface area contributed by atoms with Crippen LogP contribution in [0.4, 0.5) is 0 Å². The van der Waals surface area contributed by atoms with Crippen LogP contribution < -0.4 is 4.74 Å². The summed E-state index contributed by atoms with van der Waals surface area (Å²) in [6, 6.07) is 14.8. The summed E-state index contributed by atoms with van der Waals surface area (Å²) in [5.41, 5.74) is 1.79. The summed E-state index contributed by atoms with van der Waals surface area (Å²) in [6.07, 6.45) is 1.54. The third-order valence-corrected chi connectivity index (χ3v) is 2.55. The van der Waals surface area contributed by atoms with Gasteiger partial charge in [0, 0.05) is 0 Å². The third-order valence-electron chi connectivity index (χ3n) is 2.55. The van der Waals surface area contributed by atoms with E-state index in [1.807, 2.05) is 30.3 Å². The van der Waals surface area contributed by atoms with Crippen molar-refractivity contribution in [1.82, 2.24) is 0 Å². The Morgan fingerprint density at radius 1 is 1.16 bits per heavy atom. The molecule has 0 bridgehead atoms. The van der Waals surface area contributed by atoms with Gasteiger partial charge in [-0.1, -0.05) is 35.5 Å². The van der Waals surface area contributed by atoms with Gasteiger partial charge in [0.15, 0.2) is 11.5 Å². The highest BCUT2D eigenvalue weighted by Crippen LogP contribution is 2.25. The number of phenols is 1. The van der Waals surface area contributed by atoms with Gasteiger partial charge in [-0.05, 0) is 29.3 Å². The van der Waals surface area contributed by atoms with Gasteiger partial charge in [0.25, 0.3) is 0 Å². The molecule has 0 heterocycles. The summed E-state index contributed by atoms with van der Waals surface area (Å²) in [5.74, 6) is 0.511. The molecule has 0 aliphatic heterocycles. The molecular formula is C15H15NO3. The lowest BCUT2D eigenvalue weighted by molar-refractivity contribution is 0.132. The van der Waals surface area contributed by atoms with Crippen LogP contribution in [0.3, 0.4) is 0 Å². The predicted molar refractivity (Wildman–Crippen MR) is 73.5 cm³/mol. The SMILES string of the molecule is COc1ccc(C=NOCc2ccccc2)cc1O. The van der Waals surface area contributed by atoms with E-state index in [-0.39, 0.29) is 5.75 Å². The highest BCUT2D eigenvalue weighted by Gasteiger charge is 2.00. The van der Waals surface area contributed by atoms with Crippen LogP contribution in [0, 0.1) is 0 Å². The molecule has 0 radical (unpaired) electrons. The first-order chi connectivity index (χ1) is 9.29. The first kappa shape index (κ1) is 13.0. The Hall–Kier alpha value is -2.49. The van der Waals surface area contributed by atoms with Gasteiger partial charge in [0.1, 0.15) is 6.61 Å². The molecule has 98 valence electrons. The van der Waals surface area contributed by atoms with Gasteiger partial charge in [0.05, 0.1) is 13.3 Å². The zero-order valence-corrected chi connectivity index (χ0v) is 10.6. The minimum absolute atomic E-state index is 0.0782. The van der Waals surface area contributed by atoms with Crippen molar-refractivity contribution < 1.29 is 14.7 Å². The number of nitrogens with zero attached hydrogens (tertiary/aromatic N) is 1. The van der Waals surface area contributed by atoms with Crippen molar-refractivity contribution in [3.8, 4) is 11.5 Å². The maximum absolute atomic E-state index is 9.60. The lowest BCUT2D eigenvalue weighted by Crippen LogP contribution is -1.89. The number of rotatable bonds is 5. The topological polar surface area (TPSA) is 51.0 Å². The number of aromatic hydroxyl groups is 1. The molecule has 0 fully saturated rings. The van der Waals surface area contributed by atoms with E-state index in [1.54, 1.807) is 24.4 Å². The van der Waals surface area contributed by atoms with Gasteiger partial charge in [-0.3, -0.25) is 0 Å². The van der Waals surface area contributed by atoms with Crippen molar-refractivity contribution in [2.45, 2.75) is 6.61 Å². The van der Waals surface area contributed by atoms with Gasteiger partial charge in [-0.15, -0.1) is 0 Å². The fourth-order valence-corrected chi connectivity index (χ4v) is 1.57. The largest absolute Gasteiger partial charge is 0.504 e. The molecule has 4 heteroatoms. The molecule has 0 atom stereocenters. The number of benzene rings is 2. The van der Waals surface area contributed by atoms with Crippen molar-refractivity contribution in [3.63, 3.8) is 0 Å². The molecule has 2 aromatic carbocycles. The smallest absolute Gasteiger partial charge is 0.160 e. The van der Waals surface area contributed by atoms with Crippen molar-refractivity contribution in [3.05, 3.63) is 59.7 Å². The minimum atomic E-state index is 0.0782. The Balaban J connectivity index is 1.90. The van der Waals surface area contributed by atoms with Crippen molar-refractivity contribution in [2.75, 3.05) is 7.11 Å². The Morgan fingerprint density at radius 3 is 2.63 bits per heavy atom. The summed E-state index contributed by atoms with van der Waals surface area (Å²) in [5, 5.41) is 13.5. The molecule has 19 heavy (non-hydrogen) atoms. The lowest BCUT2D eigenvalue weighted by atomic mass is 10.2. The maximum Gasteiger partial charge on any atom is 0.160 e. The van der Waals surface area contributed by atoms with Crippen LogP contribution >= 0.6 is 0 Å². The number of hydrogen-bond donors (Lipinski definition) is 1. The summed E-state index contributed by atoms with van der Waals surface area (Å²) in [7, 11) is 1.51. The molecule has 1 N–H and O–H groups in total. The molecule has 4 nitrogen and oxygen atoms in total. The standard InChI is InChI=1S/C15H15NO3/c1-18-15-8-7-13(9-14(15)17)10-16-19-11-12-5-3-2-4-6-12/h2-10,17H,11H2,1H3. The van der Waals surface area contributed by atoms with Crippen molar-refractivity contribution >= 4 is 6.21 Å². The van der Waals surface area contributed by atoms with Crippen LogP contribution in [0.15, 0.2) is 53.7 Å². The molecule has 0 unspecified atom stereocenters. The Morgan fingerprint density at radius 2 is 1.95 bits per heavy atom. The van der Waals surface area contributed by atoms with Crippen LogP contribution in [0.5, 0.6) is 11.5 Å². The zero-order valence-electron chi connectivity index (χ0n) is 10.6. The van der Waals surface area contributed by atoms with Crippen LogP contribution in [0.1, 0.15) is 11.1 Å². The van der Waals surface area contributed by atoms with E-state index in [0.717, 1.165) is 11.1 Å². The van der Waals surface area contributed by atoms with Gasteiger partial charge in [-0.2, -0.15) is 0 Å². The summed E-state index contributed by atoms with van der Waals surface area (Å²) >= 11 is 0. The Labute approximate surface area is 111 Å². The monoisotopic (exact) mass is 257 g/mol. The van der Waals surface area contributed by atoms with Crippen molar-refractivity contribution in [1.29, 1.82) is 0 Å². The predicted octanol–water partition coefficient (Wildman–Crippen LogP) is 2.95. The maximum atomic E-state index is 9.60. The van der Waals surface area contributed by atoms with E-state index in [0.29, 0.717) is 12.4 Å². The average Bonchev–Trinajstić information content (AvgIpc) is 2.45. The van der Waals surface area contributed by atoms with Crippen LogP contribution in [-0.4, -0.2) is 18.4 Å². The number of hydrogen-bond acceptors (Lipinski definition) is 4. The summed E-state index contributed by atoms with van der Waals surface area (Å²) in [4.78, 5) is 5.18. The highest BCUT2D eigenvalue weighted by molar-refractivity contribution is 5.80. The molecule has 0 aromatic heterocycles. The van der Waals surface area contributed by atoms with E-state index in [2.05, 4.69) is 5.16 Å². The number of ether oxygens (including phenoxy) is 1. The summed E-state index contributed by atoms with van der Waals surface area (Å²) in [6.45, 7) is 0.416. The molecule has 0 amide bonds. The van der Waals surface area contributed by atoms with Crippen molar-refractivity contribution in [2.24, 2.45) is 5.16 Å². The zero-order chi connectivity index (χ0) is 13.5. The van der Waals surface area contributed by atoms with E-state index in [4.69, 9.17) is 9.57 Å². The van der Waals surface area contributed by atoms with Gasteiger partial charge in [-0.25, -0.2) is 0 Å². The minimum Gasteiger partial charge on any atom is -0.504 e. The molecule has 2 rings (SSSR count). The number of methoxy groups -OCH3 is 1. The van der Waals surface area contributed by atoms with Gasteiger partial charge < -0.3 is 14.7 Å². The second-order valence-corrected chi connectivity index (χ2v) is 3.92. The first-order valence-corrected chi connectivity index (χ1v) is 5.86. The second-order valence-electron chi connectivity index (χ2n) is 3.92. The van der Waals surface area contributed by atoms with E-state index in [1.165, 1.54) is 7.11 Å². The summed E-state index contributed by atoms with van der Waals surface area (Å²) < 4.78 is 4.96. The normalized spacial score (nSPS) is 10.6. The first-order valence-electron chi connectivity index (χ1n) is 5.86. The average molecular weight is 257 g/mol. The van der Waals surface area contributed by atoms with E-state index >= 15 is 0 Å². The Bertz CT molecular complexity index is 553. The number of oxime groups is 1.